The minimum atomic E-state index is -1.94. The second-order valence-electron chi connectivity index (χ2n) is 24.3. The third-order valence-electron chi connectivity index (χ3n) is 16.0. The number of carbonyl (C=O) groups excluding carboxylic acids is 7. The van der Waals surface area contributed by atoms with E-state index in [2.05, 4.69) is 49.0 Å². The number of hydrogen-bond acceptors (Lipinski definition) is 16. The Morgan fingerprint density at radius 2 is 0.733 bits per heavy atom. The van der Waals surface area contributed by atoms with Gasteiger partial charge in [0.1, 0.15) is 6.61 Å². The summed E-state index contributed by atoms with van der Waals surface area (Å²) in [6, 6.07) is 0. The summed E-state index contributed by atoms with van der Waals surface area (Å²) in [5, 5.41) is 12.0. The Hall–Kier alpha value is -3.71. The van der Waals surface area contributed by atoms with Crippen LogP contribution in [0, 0.1) is 23.7 Å². The summed E-state index contributed by atoms with van der Waals surface area (Å²) in [5.74, 6) is -7.46. The Bertz CT molecular complexity index is 1710. The molecule has 0 saturated carbocycles. The van der Waals surface area contributed by atoms with Gasteiger partial charge in [-0.25, -0.2) is 0 Å². The molecule has 18 nitrogen and oxygen atoms in total. The van der Waals surface area contributed by atoms with Gasteiger partial charge in [0.05, 0.1) is 36.9 Å². The van der Waals surface area contributed by atoms with Crippen LogP contribution < -0.4 is 27.0 Å². The van der Waals surface area contributed by atoms with Crippen LogP contribution in [0.3, 0.4) is 0 Å². The molecule has 8 atom stereocenters. The fourth-order valence-corrected chi connectivity index (χ4v) is 10.2. The number of carbonyl (C=O) groups is 7. The van der Waals surface area contributed by atoms with Crippen molar-refractivity contribution in [1.82, 2.24) is 21.3 Å². The molecular formula is C68H129N5O13. The predicted octanol–water partition coefficient (Wildman–Crippen LogP) is 12.1. The number of hydrogen-bond donors (Lipinski definition) is 5. The zero-order valence-corrected chi connectivity index (χ0v) is 56.1. The summed E-state index contributed by atoms with van der Waals surface area (Å²) >= 11 is 0. The van der Waals surface area contributed by atoms with E-state index in [4.69, 9.17) is 34.2 Å². The van der Waals surface area contributed by atoms with Gasteiger partial charge in [-0.15, -0.1) is 0 Å². The average Bonchev–Trinajstić information content (AvgIpc) is 2.45. The average molecular weight is 1220 g/mol. The van der Waals surface area contributed by atoms with Crippen LogP contribution in [0.25, 0.3) is 0 Å². The Kier molecular flexibility index (Phi) is 55.2. The number of ether oxygens (including phenoxy) is 6. The van der Waals surface area contributed by atoms with Crippen molar-refractivity contribution < 1.29 is 62.0 Å². The fraction of sp³-hybridized carbons (Fsp3) is 0.897. The van der Waals surface area contributed by atoms with E-state index in [0.29, 0.717) is 71.6 Å². The summed E-state index contributed by atoms with van der Waals surface area (Å²) in [5.41, 5.74) is 5.76. The smallest absolute Gasteiger partial charge is 0.309 e. The molecule has 18 heteroatoms. The topological polar surface area (TPSA) is 249 Å². The van der Waals surface area contributed by atoms with Crippen LogP contribution in [0.5, 0.6) is 0 Å². The van der Waals surface area contributed by atoms with Gasteiger partial charge in [-0.3, -0.25) is 33.6 Å². The maximum Gasteiger partial charge on any atom is 0.309 e. The largest absolute Gasteiger partial charge is 0.454 e. The molecule has 8 unspecified atom stereocenters. The molecule has 6 N–H and O–H groups in total. The molecule has 2 amide bonds. The summed E-state index contributed by atoms with van der Waals surface area (Å²) in [7, 11) is 1.55. The minimum Gasteiger partial charge on any atom is -0.454 e. The lowest BCUT2D eigenvalue weighted by atomic mass is 9.94. The van der Waals surface area contributed by atoms with Crippen molar-refractivity contribution in [3.63, 3.8) is 0 Å². The van der Waals surface area contributed by atoms with Crippen molar-refractivity contribution in [2.75, 3.05) is 72.7 Å². The van der Waals surface area contributed by atoms with Crippen LogP contribution in [0.4, 0.5) is 0 Å². The third kappa shape index (κ3) is 43.9. The third-order valence-corrected chi connectivity index (χ3v) is 16.0. The van der Waals surface area contributed by atoms with E-state index in [1.165, 1.54) is 12.8 Å². The first-order chi connectivity index (χ1) is 41.6. The fourth-order valence-electron chi connectivity index (χ4n) is 10.2. The molecule has 0 aliphatic rings. The van der Waals surface area contributed by atoms with E-state index in [0.717, 1.165) is 167 Å². The lowest BCUT2D eigenvalue weighted by molar-refractivity contribution is -0.206. The molecule has 0 aromatic heterocycles. The molecule has 0 fully saturated rings. The molecule has 0 spiro atoms. The van der Waals surface area contributed by atoms with Crippen molar-refractivity contribution in [3.8, 4) is 0 Å². The molecule has 0 aliphatic carbocycles. The Balaban J connectivity index is 7.82. The van der Waals surface area contributed by atoms with Gasteiger partial charge in [0, 0.05) is 52.8 Å². The van der Waals surface area contributed by atoms with Gasteiger partial charge in [-0.1, -0.05) is 235 Å². The summed E-state index contributed by atoms with van der Waals surface area (Å²) in [4.78, 5) is 101. The number of amides is 2. The first-order valence-electron chi connectivity index (χ1n) is 34.7. The van der Waals surface area contributed by atoms with Gasteiger partial charge in [-0.2, -0.15) is 0 Å². The molecule has 86 heavy (non-hydrogen) atoms. The van der Waals surface area contributed by atoms with Crippen molar-refractivity contribution in [2.24, 2.45) is 29.4 Å². The zero-order valence-electron chi connectivity index (χ0n) is 56.1. The number of nitrogens with one attached hydrogen (secondary N) is 4. The lowest BCUT2D eigenvalue weighted by Gasteiger charge is -2.36. The highest BCUT2D eigenvalue weighted by Crippen LogP contribution is 2.28. The maximum atomic E-state index is 15.2. The van der Waals surface area contributed by atoms with Crippen LogP contribution in [0.1, 0.15) is 274 Å². The summed E-state index contributed by atoms with van der Waals surface area (Å²) < 4.78 is 35.9. The Labute approximate surface area is 523 Å². The van der Waals surface area contributed by atoms with E-state index < -0.39 is 83.7 Å². The summed E-state index contributed by atoms with van der Waals surface area (Å²) in [6.07, 6.45) is 23.0. The summed E-state index contributed by atoms with van der Waals surface area (Å²) in [6.45, 7) is 18.4. The number of unbranched alkanes of at least 4 members (excludes halogenated alkanes) is 24. The second-order valence-corrected chi connectivity index (χ2v) is 24.3. The first kappa shape index (κ1) is 82.3. The molecule has 0 aliphatic heterocycles. The lowest BCUT2D eigenvalue weighted by Crippen LogP contribution is -2.59. The van der Waals surface area contributed by atoms with Crippen LogP contribution in [-0.2, 0) is 62.0 Å². The molecule has 0 aromatic carbocycles. The van der Waals surface area contributed by atoms with Crippen LogP contribution in [-0.4, -0.2) is 139 Å². The van der Waals surface area contributed by atoms with Crippen LogP contribution in [0.15, 0.2) is 0 Å². The number of esters is 4. The normalized spacial score (nSPS) is 14.3. The van der Waals surface area contributed by atoms with E-state index >= 15 is 4.79 Å². The molecule has 0 saturated heterocycles. The van der Waals surface area contributed by atoms with E-state index in [-0.39, 0.29) is 38.5 Å². The zero-order chi connectivity index (χ0) is 63.8. The molecule has 0 bridgehead atoms. The highest BCUT2D eigenvalue weighted by atomic mass is 16.6. The molecule has 0 radical (unpaired) electrons. The van der Waals surface area contributed by atoms with E-state index in [1.54, 1.807) is 34.8 Å². The molecular weight excluding hydrogens is 1090 g/mol. The van der Waals surface area contributed by atoms with Gasteiger partial charge in [0.15, 0.2) is 18.0 Å². The number of rotatable bonds is 62. The van der Waals surface area contributed by atoms with Gasteiger partial charge < -0.3 is 55.4 Å². The number of Topliss-reactive ketones (excluding diaryl/α,β-unsaturated/α-hetero) is 1. The molecule has 0 rings (SSSR count). The van der Waals surface area contributed by atoms with E-state index in [9.17, 15) is 28.8 Å². The van der Waals surface area contributed by atoms with Crippen molar-refractivity contribution in [1.29, 1.82) is 0 Å². The molecule has 504 valence electrons. The van der Waals surface area contributed by atoms with Crippen molar-refractivity contribution >= 4 is 41.5 Å². The first-order valence-corrected chi connectivity index (χ1v) is 34.7. The number of methoxy groups -OCH3 is 1. The van der Waals surface area contributed by atoms with Gasteiger partial charge in [-0.05, 0) is 38.6 Å². The monoisotopic (exact) mass is 1220 g/mol. The van der Waals surface area contributed by atoms with Crippen molar-refractivity contribution in [2.45, 2.75) is 298 Å². The molecule has 0 heterocycles. The van der Waals surface area contributed by atoms with Gasteiger partial charge in [0.25, 0.3) is 5.91 Å². The highest BCUT2D eigenvalue weighted by Gasteiger charge is 2.50. The quantitative estimate of drug-likeness (QED) is 0.0216. The Morgan fingerprint density at radius 1 is 0.384 bits per heavy atom. The highest BCUT2D eigenvalue weighted by molar-refractivity contribution is 5.89. The number of ketones is 1. The SMILES string of the molecule is CCCCCCCCCC(C)C(=O)OC(C(=O)CCCNCCNC(=O)COCCOC)C(OC(=O)C(C)CCCCCCCCC)C(OC(=O)C(C)CCCCCCCCC)C(OC(=O)C(C)CCCCCCCCC)C(=O)NCCNCCN. The van der Waals surface area contributed by atoms with Gasteiger partial charge in [0.2, 0.25) is 18.1 Å². The van der Waals surface area contributed by atoms with Gasteiger partial charge >= 0.3 is 23.9 Å². The van der Waals surface area contributed by atoms with E-state index in [1.807, 2.05) is 0 Å². The number of nitrogens with two attached hydrogens (primary N) is 1. The van der Waals surface area contributed by atoms with Crippen LogP contribution >= 0.6 is 0 Å². The predicted molar refractivity (Wildman–Crippen MR) is 344 cm³/mol. The maximum absolute atomic E-state index is 15.2. The minimum absolute atomic E-state index is 0.0576. The van der Waals surface area contributed by atoms with Crippen LogP contribution in [0.2, 0.25) is 0 Å². The molecule has 0 aromatic rings. The standard InChI is InChI=1S/C68H129N5O13/c1-10-14-18-22-26-30-34-39-54(5)65(77)83-60(58(74)43-38-45-70-47-49-72-59(75)53-82-52-51-81-9)61(84-66(78)55(6)40-35-31-27-23-19-15-11-2)62(85-67(79)56(7)41-36-32-28-24-20-16-12-3)63(64(76)73-50-48-71-46-44-69)86-68(80)57(8)42-37-33-29-25-21-17-13-4/h54-57,60-63,70-71H,10-53,69H2,1-9H3,(H,72,75)(H,73,76). The Morgan fingerprint density at radius 3 is 1.13 bits per heavy atom. The van der Waals surface area contributed by atoms with Crippen molar-refractivity contribution in [3.05, 3.63) is 0 Å². The second kappa shape index (κ2) is 57.7.